The Hall–Kier alpha value is -1.80. The van der Waals surface area contributed by atoms with Crippen LogP contribution in [-0.2, 0) is 19.4 Å². The van der Waals surface area contributed by atoms with Crippen LogP contribution in [0.15, 0.2) is 48.5 Å². The first-order chi connectivity index (χ1) is 9.31. The number of aromatic hydroxyl groups is 1. The lowest BCUT2D eigenvalue weighted by Gasteiger charge is -2.15. The van der Waals surface area contributed by atoms with E-state index in [0.29, 0.717) is 12.3 Å². The van der Waals surface area contributed by atoms with E-state index in [4.69, 9.17) is 5.73 Å². The zero-order valence-corrected chi connectivity index (χ0v) is 11.2. The largest absolute Gasteiger partial charge is 0.508 e. The molecular weight excluding hydrogens is 234 g/mol. The van der Waals surface area contributed by atoms with Gasteiger partial charge in [0.25, 0.3) is 0 Å². The van der Waals surface area contributed by atoms with Gasteiger partial charge in [0.15, 0.2) is 0 Å². The van der Waals surface area contributed by atoms with Gasteiger partial charge in [-0.25, -0.2) is 0 Å². The maximum absolute atomic E-state index is 9.46. The van der Waals surface area contributed by atoms with E-state index in [1.165, 1.54) is 29.5 Å². The van der Waals surface area contributed by atoms with Crippen molar-refractivity contribution in [3.8, 4) is 5.75 Å². The molecule has 3 N–H and O–H groups in total. The van der Waals surface area contributed by atoms with Crippen molar-refractivity contribution < 1.29 is 5.11 Å². The number of rotatable bonds is 1. The second-order valence-corrected chi connectivity index (χ2v) is 4.81. The van der Waals surface area contributed by atoms with Crippen LogP contribution < -0.4 is 5.73 Å². The fraction of sp³-hybridized carbons (Fsp3) is 0.294. The fourth-order valence-corrected chi connectivity index (χ4v) is 2.38. The molecule has 0 aliphatic heterocycles. The van der Waals surface area contributed by atoms with Crippen LogP contribution in [0.1, 0.15) is 29.5 Å². The van der Waals surface area contributed by atoms with Gasteiger partial charge in [0.2, 0.25) is 0 Å². The van der Waals surface area contributed by atoms with E-state index in [9.17, 15) is 5.11 Å². The Kier molecular flexibility index (Phi) is 4.99. The molecule has 0 spiro atoms. The summed E-state index contributed by atoms with van der Waals surface area (Å²) in [4.78, 5) is 0. The number of hydrogen-bond donors (Lipinski definition) is 2. The third kappa shape index (κ3) is 3.83. The van der Waals surface area contributed by atoms with Gasteiger partial charge in [-0.05, 0) is 48.4 Å². The Morgan fingerprint density at radius 3 is 2.26 bits per heavy atom. The minimum atomic E-state index is 0.488. The summed E-state index contributed by atoms with van der Waals surface area (Å²) in [5.74, 6) is 0.488. The van der Waals surface area contributed by atoms with Crippen LogP contribution in [-0.4, -0.2) is 5.11 Å². The number of phenols is 1. The molecule has 19 heavy (non-hydrogen) atoms. The van der Waals surface area contributed by atoms with Gasteiger partial charge in [0, 0.05) is 6.54 Å². The van der Waals surface area contributed by atoms with Crippen LogP contribution in [0, 0.1) is 0 Å². The Balaban J connectivity index is 0.000000148. The average Bonchev–Trinajstić information content (AvgIpc) is 2.49. The van der Waals surface area contributed by atoms with Gasteiger partial charge in [0.1, 0.15) is 5.75 Å². The SMILES string of the molecule is NCc1ccccc1.Oc1cccc2c1CCCC2. The summed E-state index contributed by atoms with van der Waals surface area (Å²) < 4.78 is 0. The van der Waals surface area contributed by atoms with Gasteiger partial charge in [-0.2, -0.15) is 0 Å². The lowest BCUT2D eigenvalue weighted by molar-refractivity contribution is 0.462. The number of hydrogen-bond acceptors (Lipinski definition) is 2. The average molecular weight is 255 g/mol. The van der Waals surface area contributed by atoms with Crippen molar-refractivity contribution in [1.29, 1.82) is 0 Å². The standard InChI is InChI=1S/C10H12O.C7H9N/c11-10-7-3-5-8-4-1-2-6-9(8)10;8-6-7-4-2-1-3-5-7/h3,5,7,11H,1-2,4,6H2;1-5H,6,8H2. The summed E-state index contributed by atoms with van der Waals surface area (Å²) in [5, 5.41) is 9.46. The highest BCUT2D eigenvalue weighted by Crippen LogP contribution is 2.27. The molecule has 0 atom stereocenters. The van der Waals surface area contributed by atoms with E-state index in [2.05, 4.69) is 6.07 Å². The van der Waals surface area contributed by atoms with Gasteiger partial charge >= 0.3 is 0 Å². The molecule has 100 valence electrons. The molecule has 0 radical (unpaired) electrons. The van der Waals surface area contributed by atoms with Crippen molar-refractivity contribution in [1.82, 2.24) is 0 Å². The number of phenolic OH excluding ortho intramolecular Hbond substituents is 1. The molecule has 2 heteroatoms. The Morgan fingerprint density at radius 1 is 0.895 bits per heavy atom. The summed E-state index contributed by atoms with van der Waals surface area (Å²) in [7, 11) is 0. The summed E-state index contributed by atoms with van der Waals surface area (Å²) >= 11 is 0. The minimum absolute atomic E-state index is 0.488. The molecule has 1 aliphatic carbocycles. The predicted octanol–water partition coefficient (Wildman–Crippen LogP) is 3.42. The maximum atomic E-state index is 9.46. The topological polar surface area (TPSA) is 46.2 Å². The second-order valence-electron chi connectivity index (χ2n) is 4.81. The third-order valence-electron chi connectivity index (χ3n) is 3.45. The lowest BCUT2D eigenvalue weighted by Crippen LogP contribution is -2.01. The quantitative estimate of drug-likeness (QED) is 0.820. The maximum Gasteiger partial charge on any atom is 0.119 e. The zero-order chi connectivity index (χ0) is 13.5. The normalized spacial score (nSPS) is 13.1. The molecule has 0 saturated carbocycles. The molecule has 0 saturated heterocycles. The van der Waals surface area contributed by atoms with E-state index in [1.54, 1.807) is 6.07 Å². The van der Waals surface area contributed by atoms with E-state index in [0.717, 1.165) is 12.8 Å². The minimum Gasteiger partial charge on any atom is -0.508 e. The highest BCUT2D eigenvalue weighted by Gasteiger charge is 2.11. The monoisotopic (exact) mass is 255 g/mol. The van der Waals surface area contributed by atoms with Gasteiger partial charge in [-0.15, -0.1) is 0 Å². The van der Waals surface area contributed by atoms with Crippen LogP contribution >= 0.6 is 0 Å². The number of fused-ring (bicyclic) bond motifs is 1. The molecule has 0 amide bonds. The van der Waals surface area contributed by atoms with Gasteiger partial charge in [-0.3, -0.25) is 0 Å². The van der Waals surface area contributed by atoms with Crippen molar-refractivity contribution >= 4 is 0 Å². The van der Waals surface area contributed by atoms with Crippen LogP contribution in [0.25, 0.3) is 0 Å². The number of aryl methyl sites for hydroxylation is 1. The number of benzene rings is 2. The molecule has 2 aromatic carbocycles. The van der Waals surface area contributed by atoms with Crippen molar-refractivity contribution in [2.45, 2.75) is 32.2 Å². The molecule has 2 aromatic rings. The third-order valence-corrected chi connectivity index (χ3v) is 3.45. The molecule has 0 heterocycles. The van der Waals surface area contributed by atoms with Crippen molar-refractivity contribution in [3.63, 3.8) is 0 Å². The Morgan fingerprint density at radius 2 is 1.63 bits per heavy atom. The number of nitrogens with two attached hydrogens (primary N) is 1. The first kappa shape index (κ1) is 13.6. The van der Waals surface area contributed by atoms with Crippen LogP contribution in [0.2, 0.25) is 0 Å². The zero-order valence-electron chi connectivity index (χ0n) is 11.2. The van der Waals surface area contributed by atoms with Crippen LogP contribution in [0.3, 0.4) is 0 Å². The second kappa shape index (κ2) is 6.95. The molecule has 2 nitrogen and oxygen atoms in total. The lowest BCUT2D eigenvalue weighted by atomic mass is 9.91. The molecule has 0 bridgehead atoms. The predicted molar refractivity (Wildman–Crippen MR) is 79.1 cm³/mol. The van der Waals surface area contributed by atoms with E-state index in [-0.39, 0.29) is 0 Å². The van der Waals surface area contributed by atoms with Crippen LogP contribution in [0.4, 0.5) is 0 Å². The molecule has 3 rings (SSSR count). The Labute approximate surface area is 114 Å². The highest BCUT2D eigenvalue weighted by atomic mass is 16.3. The summed E-state index contributed by atoms with van der Waals surface area (Å²) in [5.41, 5.74) is 9.06. The van der Waals surface area contributed by atoms with E-state index >= 15 is 0 Å². The van der Waals surface area contributed by atoms with Crippen molar-refractivity contribution in [2.75, 3.05) is 0 Å². The Bertz CT molecular complexity index is 508. The summed E-state index contributed by atoms with van der Waals surface area (Å²) in [6.45, 7) is 0.640. The molecule has 0 fully saturated rings. The fourth-order valence-electron chi connectivity index (χ4n) is 2.38. The van der Waals surface area contributed by atoms with Gasteiger partial charge in [0.05, 0.1) is 0 Å². The first-order valence-electron chi connectivity index (χ1n) is 6.85. The molecular formula is C17H21NO. The van der Waals surface area contributed by atoms with Crippen molar-refractivity contribution in [3.05, 3.63) is 65.2 Å². The van der Waals surface area contributed by atoms with Crippen molar-refractivity contribution in [2.24, 2.45) is 5.73 Å². The molecule has 0 aromatic heterocycles. The van der Waals surface area contributed by atoms with Gasteiger partial charge < -0.3 is 10.8 Å². The summed E-state index contributed by atoms with van der Waals surface area (Å²) in [6, 6.07) is 15.8. The molecule has 0 unspecified atom stereocenters. The van der Waals surface area contributed by atoms with Crippen LogP contribution in [0.5, 0.6) is 5.75 Å². The smallest absolute Gasteiger partial charge is 0.119 e. The summed E-state index contributed by atoms with van der Waals surface area (Å²) in [6.07, 6.45) is 4.70. The molecule has 1 aliphatic rings. The first-order valence-corrected chi connectivity index (χ1v) is 6.85. The highest BCUT2D eigenvalue weighted by molar-refractivity contribution is 5.40. The van der Waals surface area contributed by atoms with Gasteiger partial charge in [-0.1, -0.05) is 42.5 Å². The van der Waals surface area contributed by atoms with E-state index < -0.39 is 0 Å². The van der Waals surface area contributed by atoms with E-state index in [1.807, 2.05) is 36.4 Å².